The van der Waals surface area contributed by atoms with Crippen molar-refractivity contribution in [2.24, 2.45) is 5.10 Å². The summed E-state index contributed by atoms with van der Waals surface area (Å²) in [6.07, 6.45) is 3.76. The lowest BCUT2D eigenvalue weighted by molar-refractivity contribution is 0.0952. The maximum atomic E-state index is 12.7. The predicted octanol–water partition coefficient (Wildman–Crippen LogP) is 6.38. The summed E-state index contributed by atoms with van der Waals surface area (Å²) in [6.45, 7) is 0.733. The minimum atomic E-state index is -0.339. The first-order valence-corrected chi connectivity index (χ1v) is 11.6. The molecular weight excluding hydrogens is 490 g/mol. The fourth-order valence-electron chi connectivity index (χ4n) is 4.20. The van der Waals surface area contributed by atoms with Gasteiger partial charge in [-0.1, -0.05) is 76.6 Å². The standard InChI is InChI=1S/C28H22BrN3O2/c1-34-27-14-13-22(29)15-25(27)28(33)31-30-16-21-18-32(26-12-5-4-11-24(21)26)17-20-9-6-8-19-7-2-3-10-23(19)20/h2-16,18H,17H2,1H3,(H,31,33)/b30-16-. The lowest BCUT2D eigenvalue weighted by Gasteiger charge is -2.09. The number of para-hydroxylation sites is 1. The molecule has 34 heavy (non-hydrogen) atoms. The second-order valence-corrected chi connectivity index (χ2v) is 8.83. The van der Waals surface area contributed by atoms with Crippen molar-refractivity contribution in [3.63, 3.8) is 0 Å². The third kappa shape index (κ3) is 4.32. The lowest BCUT2D eigenvalue weighted by atomic mass is 10.0. The molecule has 0 spiro atoms. The number of rotatable bonds is 6. The van der Waals surface area contributed by atoms with Crippen molar-refractivity contribution in [3.05, 3.63) is 112 Å². The van der Waals surface area contributed by atoms with E-state index in [-0.39, 0.29) is 5.91 Å². The van der Waals surface area contributed by atoms with E-state index in [1.807, 2.05) is 18.2 Å². The summed E-state index contributed by atoms with van der Waals surface area (Å²) in [5.41, 5.74) is 6.31. The second-order valence-electron chi connectivity index (χ2n) is 7.91. The van der Waals surface area contributed by atoms with Crippen LogP contribution in [0.25, 0.3) is 21.7 Å². The van der Waals surface area contributed by atoms with Crippen LogP contribution < -0.4 is 10.2 Å². The lowest BCUT2D eigenvalue weighted by Crippen LogP contribution is -2.18. The Balaban J connectivity index is 1.43. The van der Waals surface area contributed by atoms with Crippen LogP contribution in [0.15, 0.2) is 101 Å². The molecule has 5 nitrogen and oxygen atoms in total. The van der Waals surface area contributed by atoms with Gasteiger partial charge >= 0.3 is 0 Å². The van der Waals surface area contributed by atoms with Gasteiger partial charge in [-0.3, -0.25) is 4.79 Å². The molecule has 0 saturated heterocycles. The molecular formula is C28H22BrN3O2. The quantitative estimate of drug-likeness (QED) is 0.212. The van der Waals surface area contributed by atoms with Crippen molar-refractivity contribution < 1.29 is 9.53 Å². The molecule has 1 heterocycles. The fourth-order valence-corrected chi connectivity index (χ4v) is 4.56. The average molecular weight is 512 g/mol. The van der Waals surface area contributed by atoms with E-state index in [1.165, 1.54) is 23.4 Å². The number of benzene rings is 4. The van der Waals surface area contributed by atoms with Crippen molar-refractivity contribution in [2.75, 3.05) is 7.11 Å². The molecule has 0 bridgehead atoms. The van der Waals surface area contributed by atoms with E-state index >= 15 is 0 Å². The number of hydrogen-bond donors (Lipinski definition) is 1. The van der Waals surface area contributed by atoms with Gasteiger partial charge in [0.15, 0.2) is 0 Å². The molecule has 1 N–H and O–H groups in total. The number of amides is 1. The molecule has 0 aliphatic heterocycles. The van der Waals surface area contributed by atoms with E-state index in [9.17, 15) is 4.79 Å². The fraction of sp³-hybridized carbons (Fsp3) is 0.0714. The molecule has 6 heteroatoms. The molecule has 5 rings (SSSR count). The molecule has 0 aliphatic rings. The van der Waals surface area contributed by atoms with E-state index in [1.54, 1.807) is 18.3 Å². The van der Waals surface area contributed by atoms with Gasteiger partial charge in [0, 0.05) is 33.7 Å². The zero-order valence-corrected chi connectivity index (χ0v) is 20.1. The number of halogens is 1. The monoisotopic (exact) mass is 511 g/mol. The highest BCUT2D eigenvalue weighted by Gasteiger charge is 2.13. The summed E-state index contributed by atoms with van der Waals surface area (Å²) >= 11 is 3.39. The third-order valence-corrected chi connectivity index (χ3v) is 6.31. The Morgan fingerprint density at radius 2 is 1.76 bits per heavy atom. The first-order chi connectivity index (χ1) is 16.6. The van der Waals surface area contributed by atoms with Gasteiger partial charge < -0.3 is 9.30 Å². The average Bonchev–Trinajstić information content (AvgIpc) is 3.21. The minimum absolute atomic E-state index is 0.339. The number of nitrogens with zero attached hydrogens (tertiary/aromatic N) is 2. The van der Waals surface area contributed by atoms with Gasteiger partial charge in [0.25, 0.3) is 5.91 Å². The van der Waals surface area contributed by atoms with Crippen LogP contribution in [0, 0.1) is 0 Å². The van der Waals surface area contributed by atoms with Gasteiger partial charge in [0.05, 0.1) is 18.9 Å². The summed E-state index contributed by atoms with van der Waals surface area (Å²) in [4.78, 5) is 12.7. The maximum Gasteiger partial charge on any atom is 0.275 e. The third-order valence-electron chi connectivity index (χ3n) is 5.82. The molecule has 0 fully saturated rings. The van der Waals surface area contributed by atoms with Crippen molar-refractivity contribution in [3.8, 4) is 5.75 Å². The summed E-state index contributed by atoms with van der Waals surface area (Å²) < 4.78 is 8.31. The summed E-state index contributed by atoms with van der Waals surface area (Å²) in [7, 11) is 1.54. The molecule has 0 radical (unpaired) electrons. The summed E-state index contributed by atoms with van der Waals surface area (Å²) in [5, 5.41) is 7.77. The molecule has 4 aromatic carbocycles. The zero-order valence-electron chi connectivity index (χ0n) is 18.5. The number of methoxy groups -OCH3 is 1. The van der Waals surface area contributed by atoms with E-state index in [4.69, 9.17) is 4.74 Å². The Morgan fingerprint density at radius 3 is 2.62 bits per heavy atom. The van der Waals surface area contributed by atoms with Gasteiger partial charge in [0.1, 0.15) is 5.75 Å². The Morgan fingerprint density at radius 1 is 1.00 bits per heavy atom. The van der Waals surface area contributed by atoms with Crippen LogP contribution in [0.4, 0.5) is 0 Å². The van der Waals surface area contributed by atoms with E-state index in [2.05, 4.69) is 91.8 Å². The highest BCUT2D eigenvalue weighted by molar-refractivity contribution is 9.10. The smallest absolute Gasteiger partial charge is 0.275 e. The summed E-state index contributed by atoms with van der Waals surface area (Å²) in [5.74, 6) is 0.150. The van der Waals surface area contributed by atoms with Gasteiger partial charge in [-0.05, 0) is 40.6 Å². The van der Waals surface area contributed by atoms with Crippen LogP contribution in [0.1, 0.15) is 21.5 Å². The topological polar surface area (TPSA) is 55.6 Å². The van der Waals surface area contributed by atoms with Crippen molar-refractivity contribution in [1.82, 2.24) is 9.99 Å². The van der Waals surface area contributed by atoms with E-state index < -0.39 is 0 Å². The van der Waals surface area contributed by atoms with Crippen molar-refractivity contribution in [2.45, 2.75) is 6.54 Å². The number of aromatic nitrogens is 1. The Kier molecular flexibility index (Phi) is 6.14. The van der Waals surface area contributed by atoms with Gasteiger partial charge in [-0.25, -0.2) is 5.43 Å². The van der Waals surface area contributed by atoms with Crippen molar-refractivity contribution >= 4 is 49.7 Å². The molecule has 5 aromatic rings. The number of carbonyl (C=O) groups is 1. The van der Waals surface area contributed by atoms with Crippen LogP contribution in [-0.2, 0) is 6.54 Å². The Hall–Kier alpha value is -3.90. The number of fused-ring (bicyclic) bond motifs is 2. The van der Waals surface area contributed by atoms with Gasteiger partial charge in [0.2, 0.25) is 0 Å². The molecule has 1 amide bonds. The molecule has 0 saturated carbocycles. The van der Waals surface area contributed by atoms with Gasteiger partial charge in [-0.15, -0.1) is 0 Å². The summed E-state index contributed by atoms with van der Waals surface area (Å²) in [6, 6.07) is 28.3. The van der Waals surface area contributed by atoms with Crippen molar-refractivity contribution in [1.29, 1.82) is 0 Å². The molecule has 168 valence electrons. The molecule has 0 atom stereocenters. The molecule has 0 unspecified atom stereocenters. The number of carbonyl (C=O) groups excluding carboxylic acids is 1. The van der Waals surface area contributed by atoms with Crippen LogP contribution in [0.2, 0.25) is 0 Å². The largest absolute Gasteiger partial charge is 0.496 e. The Bertz CT molecular complexity index is 1530. The normalized spacial score (nSPS) is 11.4. The SMILES string of the molecule is COc1ccc(Br)cc1C(=O)N/N=C\c1cn(Cc2cccc3ccccc23)c2ccccc12. The molecule has 1 aromatic heterocycles. The minimum Gasteiger partial charge on any atom is -0.496 e. The zero-order chi connectivity index (χ0) is 23.5. The van der Waals surface area contributed by atoms with Crippen LogP contribution in [0.5, 0.6) is 5.75 Å². The second kappa shape index (κ2) is 9.53. The van der Waals surface area contributed by atoms with Crippen LogP contribution in [-0.4, -0.2) is 23.8 Å². The number of ether oxygens (including phenoxy) is 1. The Labute approximate surface area is 205 Å². The van der Waals surface area contributed by atoms with E-state index in [0.717, 1.165) is 27.5 Å². The first kappa shape index (κ1) is 21.9. The maximum absolute atomic E-state index is 12.7. The first-order valence-electron chi connectivity index (χ1n) is 10.9. The van der Waals surface area contributed by atoms with E-state index in [0.29, 0.717) is 11.3 Å². The van der Waals surface area contributed by atoms with Crippen LogP contribution >= 0.6 is 15.9 Å². The number of hydrazone groups is 1. The number of nitrogens with one attached hydrogen (secondary N) is 1. The number of hydrogen-bond acceptors (Lipinski definition) is 3. The van der Waals surface area contributed by atoms with Gasteiger partial charge in [-0.2, -0.15) is 5.10 Å². The highest BCUT2D eigenvalue weighted by Crippen LogP contribution is 2.25. The molecule has 0 aliphatic carbocycles. The van der Waals surface area contributed by atoms with Crippen LogP contribution in [0.3, 0.4) is 0 Å². The highest BCUT2D eigenvalue weighted by atomic mass is 79.9. The predicted molar refractivity (Wildman–Crippen MR) is 141 cm³/mol.